The second kappa shape index (κ2) is 7.80. The van der Waals surface area contributed by atoms with Gasteiger partial charge in [-0.3, -0.25) is 4.79 Å². The molecule has 0 aromatic carbocycles. The predicted octanol–water partition coefficient (Wildman–Crippen LogP) is 1.67. The number of amides is 1. The van der Waals surface area contributed by atoms with E-state index in [4.69, 9.17) is 5.73 Å². The van der Waals surface area contributed by atoms with Crippen LogP contribution in [-0.2, 0) is 4.79 Å². The molecule has 0 spiro atoms. The van der Waals surface area contributed by atoms with E-state index in [1.165, 1.54) is 0 Å². The maximum absolute atomic E-state index is 11.5. The highest BCUT2D eigenvalue weighted by Crippen LogP contribution is 2.06. The van der Waals surface area contributed by atoms with Crippen molar-refractivity contribution in [1.29, 1.82) is 0 Å². The van der Waals surface area contributed by atoms with Crippen molar-refractivity contribution in [2.24, 2.45) is 11.7 Å². The lowest BCUT2D eigenvalue weighted by Crippen LogP contribution is -2.34. The van der Waals surface area contributed by atoms with Gasteiger partial charge in [-0.05, 0) is 25.8 Å². The Labute approximate surface area is 87.4 Å². The number of hydrogen-bond acceptors (Lipinski definition) is 2. The minimum Gasteiger partial charge on any atom is -0.354 e. The minimum absolute atomic E-state index is 0.142. The van der Waals surface area contributed by atoms with Crippen LogP contribution in [-0.4, -0.2) is 18.5 Å². The van der Waals surface area contributed by atoms with Crippen LogP contribution in [0.15, 0.2) is 0 Å². The maximum Gasteiger partial charge on any atom is 0.220 e. The zero-order chi connectivity index (χ0) is 11.0. The van der Waals surface area contributed by atoms with E-state index >= 15 is 0 Å². The molecule has 3 nitrogen and oxygen atoms in total. The molecule has 0 heterocycles. The third-order valence-electron chi connectivity index (χ3n) is 2.51. The van der Waals surface area contributed by atoms with Gasteiger partial charge in [-0.15, -0.1) is 0 Å². The Morgan fingerprint density at radius 2 is 2.07 bits per heavy atom. The smallest absolute Gasteiger partial charge is 0.220 e. The molecule has 0 aliphatic carbocycles. The average Bonchev–Trinajstić information content (AvgIpc) is 2.14. The van der Waals surface area contributed by atoms with Crippen molar-refractivity contribution >= 4 is 5.91 Å². The lowest BCUT2D eigenvalue weighted by molar-refractivity contribution is -0.122. The molecule has 0 aliphatic heterocycles. The molecule has 0 aliphatic rings. The molecule has 0 bridgehead atoms. The molecule has 14 heavy (non-hydrogen) atoms. The van der Waals surface area contributed by atoms with Gasteiger partial charge in [-0.1, -0.05) is 26.7 Å². The highest BCUT2D eigenvalue weighted by atomic mass is 16.1. The molecule has 0 radical (unpaired) electrons. The zero-order valence-corrected chi connectivity index (χ0v) is 9.68. The Morgan fingerprint density at radius 1 is 1.43 bits per heavy atom. The zero-order valence-electron chi connectivity index (χ0n) is 9.68. The highest BCUT2D eigenvalue weighted by Gasteiger charge is 2.11. The molecule has 3 heteroatoms. The molecule has 2 unspecified atom stereocenters. The van der Waals surface area contributed by atoms with Crippen LogP contribution < -0.4 is 11.1 Å². The number of rotatable bonds is 7. The first-order valence-electron chi connectivity index (χ1n) is 5.63. The van der Waals surface area contributed by atoms with Crippen LogP contribution in [0.1, 0.15) is 46.5 Å². The molecule has 0 aromatic rings. The molecule has 0 rings (SSSR count). The molecule has 84 valence electrons. The maximum atomic E-state index is 11.5. The summed E-state index contributed by atoms with van der Waals surface area (Å²) in [5, 5.41) is 2.99. The Kier molecular flexibility index (Phi) is 7.48. The van der Waals surface area contributed by atoms with Crippen LogP contribution in [0.5, 0.6) is 0 Å². The van der Waals surface area contributed by atoms with Gasteiger partial charge in [-0.2, -0.15) is 0 Å². The summed E-state index contributed by atoms with van der Waals surface area (Å²) < 4.78 is 0. The summed E-state index contributed by atoms with van der Waals surface area (Å²) in [6.45, 7) is 6.84. The topological polar surface area (TPSA) is 55.1 Å². The first kappa shape index (κ1) is 13.4. The van der Waals surface area contributed by atoms with E-state index in [9.17, 15) is 4.79 Å². The van der Waals surface area contributed by atoms with E-state index in [0.717, 1.165) is 19.3 Å². The lowest BCUT2D eigenvalue weighted by atomic mass is 10.0. The van der Waals surface area contributed by atoms with Crippen LogP contribution in [0.25, 0.3) is 0 Å². The first-order valence-corrected chi connectivity index (χ1v) is 5.63. The van der Waals surface area contributed by atoms with Gasteiger partial charge in [0.15, 0.2) is 0 Å². The van der Waals surface area contributed by atoms with Crippen molar-refractivity contribution in [2.45, 2.75) is 52.5 Å². The average molecular weight is 200 g/mol. The van der Waals surface area contributed by atoms with Crippen molar-refractivity contribution < 1.29 is 4.79 Å². The van der Waals surface area contributed by atoms with Crippen LogP contribution in [0.4, 0.5) is 0 Å². The summed E-state index contributed by atoms with van der Waals surface area (Å²) in [7, 11) is 0. The summed E-state index contributed by atoms with van der Waals surface area (Å²) in [4.78, 5) is 11.5. The number of nitrogens with two attached hydrogens (primary N) is 1. The fourth-order valence-electron chi connectivity index (χ4n) is 1.50. The van der Waals surface area contributed by atoms with Crippen LogP contribution in [0.3, 0.4) is 0 Å². The molecule has 0 aromatic heterocycles. The molecular formula is C11H24N2O. The van der Waals surface area contributed by atoms with Crippen LogP contribution in [0.2, 0.25) is 0 Å². The van der Waals surface area contributed by atoms with E-state index in [2.05, 4.69) is 19.2 Å². The molecule has 0 saturated carbocycles. The third kappa shape index (κ3) is 5.97. The second-order valence-corrected chi connectivity index (χ2v) is 3.97. The van der Waals surface area contributed by atoms with Gasteiger partial charge in [0.05, 0.1) is 0 Å². The van der Waals surface area contributed by atoms with E-state index in [1.54, 1.807) is 0 Å². The van der Waals surface area contributed by atoms with Crippen molar-refractivity contribution in [1.82, 2.24) is 5.32 Å². The lowest BCUT2D eigenvalue weighted by Gasteiger charge is -2.16. The largest absolute Gasteiger partial charge is 0.354 e. The monoisotopic (exact) mass is 200 g/mol. The highest BCUT2D eigenvalue weighted by molar-refractivity contribution is 5.76. The van der Waals surface area contributed by atoms with Gasteiger partial charge in [-0.25, -0.2) is 0 Å². The summed E-state index contributed by atoms with van der Waals surface area (Å²) in [6, 6.07) is 0.294. The standard InChI is InChI=1S/C11H24N2O/c1-4-6-9(3)13-11(14)7-10(5-2)8-12/h9-10H,4-8,12H2,1-3H3,(H,13,14). The normalized spacial score (nSPS) is 14.9. The molecule has 3 N–H and O–H groups in total. The van der Waals surface area contributed by atoms with Crippen LogP contribution >= 0.6 is 0 Å². The van der Waals surface area contributed by atoms with E-state index in [-0.39, 0.29) is 5.91 Å². The van der Waals surface area contributed by atoms with E-state index < -0.39 is 0 Å². The quantitative estimate of drug-likeness (QED) is 0.657. The Hall–Kier alpha value is -0.570. The second-order valence-electron chi connectivity index (χ2n) is 3.97. The van der Waals surface area contributed by atoms with Gasteiger partial charge < -0.3 is 11.1 Å². The van der Waals surface area contributed by atoms with Gasteiger partial charge in [0.1, 0.15) is 0 Å². The third-order valence-corrected chi connectivity index (χ3v) is 2.51. The summed E-state index contributed by atoms with van der Waals surface area (Å²) in [6.07, 6.45) is 3.70. The van der Waals surface area contributed by atoms with Gasteiger partial charge in [0.25, 0.3) is 0 Å². The van der Waals surface area contributed by atoms with Gasteiger partial charge in [0, 0.05) is 12.5 Å². The predicted molar refractivity (Wildman–Crippen MR) is 60.0 cm³/mol. The molecule has 1 amide bonds. The van der Waals surface area contributed by atoms with Crippen molar-refractivity contribution in [3.05, 3.63) is 0 Å². The number of nitrogens with one attached hydrogen (secondary N) is 1. The number of carbonyl (C=O) groups excluding carboxylic acids is 1. The Morgan fingerprint density at radius 3 is 2.50 bits per heavy atom. The fourth-order valence-corrected chi connectivity index (χ4v) is 1.50. The molecule has 0 fully saturated rings. The minimum atomic E-state index is 0.142. The molecule has 0 saturated heterocycles. The summed E-state index contributed by atoms with van der Waals surface area (Å²) in [5.41, 5.74) is 5.54. The first-order chi connectivity index (χ1) is 6.63. The molecule has 2 atom stereocenters. The molecular weight excluding hydrogens is 176 g/mol. The fraction of sp³-hybridized carbons (Fsp3) is 0.909. The Bertz CT molecular complexity index is 155. The summed E-state index contributed by atoms with van der Waals surface area (Å²) in [5.74, 6) is 0.479. The van der Waals surface area contributed by atoms with Crippen molar-refractivity contribution in [3.63, 3.8) is 0 Å². The SMILES string of the molecule is CCCC(C)NC(=O)CC(CC)CN. The van der Waals surface area contributed by atoms with Crippen LogP contribution in [0, 0.1) is 5.92 Å². The van der Waals surface area contributed by atoms with Crippen molar-refractivity contribution in [2.75, 3.05) is 6.54 Å². The number of hydrogen-bond donors (Lipinski definition) is 2. The van der Waals surface area contributed by atoms with Gasteiger partial charge in [0.2, 0.25) is 5.91 Å². The van der Waals surface area contributed by atoms with Gasteiger partial charge >= 0.3 is 0 Å². The van der Waals surface area contributed by atoms with Crippen molar-refractivity contribution in [3.8, 4) is 0 Å². The van der Waals surface area contributed by atoms with E-state index in [1.807, 2.05) is 6.92 Å². The van der Waals surface area contributed by atoms with E-state index in [0.29, 0.717) is 24.9 Å². The Balaban J connectivity index is 3.73. The number of carbonyl (C=O) groups is 1. The summed E-state index contributed by atoms with van der Waals surface area (Å²) >= 11 is 0.